The lowest BCUT2D eigenvalue weighted by molar-refractivity contribution is -0.0228. The average molecular weight is 260 g/mol. The molecule has 2 heterocycles. The van der Waals surface area contributed by atoms with Crippen LogP contribution in [0.15, 0.2) is 5.38 Å². The zero-order valence-electron chi connectivity index (χ0n) is 8.68. The van der Waals surface area contributed by atoms with Crippen molar-refractivity contribution in [3.63, 3.8) is 0 Å². The molecule has 8 heteroatoms. The lowest BCUT2D eigenvalue weighted by atomic mass is 10.1. The zero-order chi connectivity index (χ0) is 12.6. The number of rotatable bonds is 3. The van der Waals surface area contributed by atoms with Gasteiger partial charge in [0.1, 0.15) is 35.1 Å². The molecule has 0 spiro atoms. The van der Waals surface area contributed by atoms with Gasteiger partial charge in [-0.3, -0.25) is 4.79 Å². The smallest absolute Gasteiger partial charge is 0.268 e. The van der Waals surface area contributed by atoms with E-state index >= 15 is 0 Å². The summed E-state index contributed by atoms with van der Waals surface area (Å²) in [5.74, 6) is -0.667. The number of aliphatic hydroxyl groups is 3. The van der Waals surface area contributed by atoms with Crippen molar-refractivity contribution in [1.82, 2.24) is 4.98 Å². The molecule has 5 N–H and O–H groups in total. The highest BCUT2D eigenvalue weighted by Crippen LogP contribution is 2.34. The zero-order valence-corrected chi connectivity index (χ0v) is 9.50. The molecule has 0 unspecified atom stereocenters. The number of thiazole rings is 1. The van der Waals surface area contributed by atoms with Gasteiger partial charge in [-0.25, -0.2) is 4.98 Å². The lowest BCUT2D eigenvalue weighted by Gasteiger charge is -2.11. The van der Waals surface area contributed by atoms with E-state index in [1.54, 1.807) is 0 Å². The molecule has 1 aliphatic rings. The van der Waals surface area contributed by atoms with Gasteiger partial charge in [0.2, 0.25) is 0 Å². The van der Waals surface area contributed by atoms with Gasteiger partial charge < -0.3 is 25.8 Å². The van der Waals surface area contributed by atoms with Crippen LogP contribution in [0.5, 0.6) is 0 Å². The van der Waals surface area contributed by atoms with Crippen molar-refractivity contribution in [1.29, 1.82) is 0 Å². The Kier molecular flexibility index (Phi) is 3.40. The predicted molar refractivity (Wildman–Crippen MR) is 57.3 cm³/mol. The summed E-state index contributed by atoms with van der Waals surface area (Å²) >= 11 is 1.10. The number of primary amides is 1. The van der Waals surface area contributed by atoms with Crippen LogP contribution in [0.1, 0.15) is 21.6 Å². The van der Waals surface area contributed by atoms with E-state index in [0.717, 1.165) is 11.3 Å². The van der Waals surface area contributed by atoms with Gasteiger partial charge in [0, 0.05) is 5.38 Å². The van der Waals surface area contributed by atoms with E-state index in [-0.39, 0.29) is 5.69 Å². The summed E-state index contributed by atoms with van der Waals surface area (Å²) in [4.78, 5) is 14.8. The van der Waals surface area contributed by atoms with Crippen LogP contribution in [0.2, 0.25) is 0 Å². The van der Waals surface area contributed by atoms with Crippen molar-refractivity contribution in [2.45, 2.75) is 24.4 Å². The van der Waals surface area contributed by atoms with E-state index in [2.05, 4.69) is 4.98 Å². The van der Waals surface area contributed by atoms with Gasteiger partial charge in [-0.05, 0) is 0 Å². The highest BCUT2D eigenvalue weighted by atomic mass is 32.1. The van der Waals surface area contributed by atoms with Gasteiger partial charge in [-0.2, -0.15) is 0 Å². The van der Waals surface area contributed by atoms with Crippen LogP contribution in [-0.2, 0) is 4.74 Å². The number of hydrogen-bond donors (Lipinski definition) is 4. The van der Waals surface area contributed by atoms with Crippen molar-refractivity contribution in [2.75, 3.05) is 6.61 Å². The molecule has 4 atom stereocenters. The highest BCUT2D eigenvalue weighted by molar-refractivity contribution is 7.09. The maximum absolute atomic E-state index is 10.9. The van der Waals surface area contributed by atoms with Crippen molar-refractivity contribution >= 4 is 17.2 Å². The summed E-state index contributed by atoms with van der Waals surface area (Å²) in [6.07, 6.45) is -4.05. The molecular weight excluding hydrogens is 248 g/mol. The van der Waals surface area contributed by atoms with Crippen molar-refractivity contribution in [3.8, 4) is 0 Å². The molecule has 17 heavy (non-hydrogen) atoms. The molecule has 0 aliphatic carbocycles. The van der Waals surface area contributed by atoms with Crippen molar-refractivity contribution in [2.24, 2.45) is 5.73 Å². The van der Waals surface area contributed by atoms with Crippen molar-refractivity contribution < 1.29 is 24.9 Å². The van der Waals surface area contributed by atoms with Crippen LogP contribution in [0.25, 0.3) is 0 Å². The quantitative estimate of drug-likeness (QED) is 0.518. The topological polar surface area (TPSA) is 126 Å². The summed E-state index contributed by atoms with van der Waals surface area (Å²) in [6.45, 7) is -0.400. The lowest BCUT2D eigenvalue weighted by Crippen LogP contribution is -2.32. The third-order valence-electron chi connectivity index (χ3n) is 2.56. The largest absolute Gasteiger partial charge is 0.394 e. The van der Waals surface area contributed by atoms with Gasteiger partial charge in [0.05, 0.1) is 6.61 Å². The Morgan fingerprint density at radius 1 is 1.53 bits per heavy atom. The van der Waals surface area contributed by atoms with E-state index in [9.17, 15) is 15.0 Å². The maximum atomic E-state index is 10.9. The molecule has 1 aliphatic heterocycles. The molecule has 94 valence electrons. The molecule has 1 amide bonds. The summed E-state index contributed by atoms with van der Waals surface area (Å²) in [7, 11) is 0. The fourth-order valence-corrected chi connectivity index (χ4v) is 2.52. The number of aliphatic hydroxyl groups excluding tert-OH is 3. The Hall–Kier alpha value is -1.06. The number of nitrogens with zero attached hydrogens (tertiary/aromatic N) is 1. The second-order valence-corrected chi connectivity index (χ2v) is 4.58. The normalized spacial score (nSPS) is 32.9. The summed E-state index contributed by atoms with van der Waals surface area (Å²) in [6, 6.07) is 0. The van der Waals surface area contributed by atoms with Crippen LogP contribution < -0.4 is 5.73 Å². The molecule has 1 aromatic heterocycles. The summed E-state index contributed by atoms with van der Waals surface area (Å²) in [5.41, 5.74) is 5.14. The van der Waals surface area contributed by atoms with Crippen LogP contribution in [0.3, 0.4) is 0 Å². The number of hydrogen-bond acceptors (Lipinski definition) is 7. The Morgan fingerprint density at radius 3 is 2.71 bits per heavy atom. The van der Waals surface area contributed by atoms with E-state index in [1.165, 1.54) is 5.38 Å². The molecule has 0 bridgehead atoms. The number of amides is 1. The van der Waals surface area contributed by atoms with E-state index in [4.69, 9.17) is 15.6 Å². The summed E-state index contributed by atoms with van der Waals surface area (Å²) in [5, 5.41) is 30.0. The highest BCUT2D eigenvalue weighted by Gasteiger charge is 2.44. The Morgan fingerprint density at radius 2 is 2.24 bits per heavy atom. The van der Waals surface area contributed by atoms with Gasteiger partial charge in [-0.15, -0.1) is 11.3 Å². The minimum atomic E-state index is -1.18. The second kappa shape index (κ2) is 4.67. The number of aromatic nitrogens is 1. The van der Waals surface area contributed by atoms with E-state index in [1.807, 2.05) is 0 Å². The minimum Gasteiger partial charge on any atom is -0.394 e. The molecule has 2 rings (SSSR count). The molecular formula is C9H12N2O5S. The Bertz CT molecular complexity index is 423. The molecule has 1 aromatic rings. The average Bonchev–Trinajstić information content (AvgIpc) is 2.87. The second-order valence-electron chi connectivity index (χ2n) is 3.69. The van der Waals surface area contributed by atoms with Gasteiger partial charge >= 0.3 is 0 Å². The Balaban J connectivity index is 2.19. The molecule has 0 saturated carbocycles. The first-order valence-corrected chi connectivity index (χ1v) is 5.80. The minimum absolute atomic E-state index is 0.0859. The third kappa shape index (κ3) is 2.17. The van der Waals surface area contributed by atoms with Crippen LogP contribution in [-0.4, -0.2) is 51.1 Å². The van der Waals surface area contributed by atoms with Crippen molar-refractivity contribution in [3.05, 3.63) is 16.1 Å². The Labute approximate surface area is 100 Å². The molecule has 7 nitrogen and oxygen atoms in total. The first-order chi connectivity index (χ1) is 8.04. The maximum Gasteiger partial charge on any atom is 0.268 e. The van der Waals surface area contributed by atoms with E-state index in [0.29, 0.717) is 5.01 Å². The monoisotopic (exact) mass is 260 g/mol. The molecule has 0 aromatic carbocycles. The van der Waals surface area contributed by atoms with Gasteiger partial charge in [0.25, 0.3) is 5.91 Å². The third-order valence-corrected chi connectivity index (χ3v) is 3.47. The van der Waals surface area contributed by atoms with E-state index < -0.39 is 36.9 Å². The molecule has 0 radical (unpaired) electrons. The predicted octanol–water partition coefficient (Wildman–Crippen LogP) is -1.60. The molecule has 1 fully saturated rings. The van der Waals surface area contributed by atoms with Crippen LogP contribution in [0.4, 0.5) is 0 Å². The first kappa shape index (κ1) is 12.4. The SMILES string of the molecule is NC(=O)c1csc([C@@H]2O[C@@H](CO)[C@@H](O)[C@@H]2O)n1. The van der Waals surface area contributed by atoms with Crippen LogP contribution in [0, 0.1) is 0 Å². The van der Waals surface area contributed by atoms with Gasteiger partial charge in [0.15, 0.2) is 0 Å². The first-order valence-electron chi connectivity index (χ1n) is 4.92. The number of ether oxygens (including phenoxy) is 1. The number of carbonyl (C=O) groups excluding carboxylic acids is 1. The fraction of sp³-hybridized carbons (Fsp3) is 0.556. The standard InChI is InChI=1S/C9H12N2O5S/c10-8(15)3-2-17-9(11-3)7-6(14)5(13)4(1-12)16-7/h2,4-7,12-14H,1H2,(H2,10,15)/t4-,5+,6-,7+/m0/s1. The number of carbonyl (C=O) groups is 1. The number of nitrogens with two attached hydrogens (primary N) is 1. The fourth-order valence-electron chi connectivity index (χ4n) is 1.64. The van der Waals surface area contributed by atoms with Gasteiger partial charge in [-0.1, -0.05) is 0 Å². The summed E-state index contributed by atoms with van der Waals surface area (Å²) < 4.78 is 5.26. The molecule has 1 saturated heterocycles. The van der Waals surface area contributed by atoms with Crippen LogP contribution >= 0.6 is 11.3 Å².